The molecular formula is C12H21N3O2. The minimum atomic E-state index is -0.119. The molecule has 1 atom stereocenters. The molecule has 1 rings (SSSR count). The molecule has 0 aliphatic rings. The van der Waals surface area contributed by atoms with Gasteiger partial charge in [-0.2, -0.15) is 0 Å². The van der Waals surface area contributed by atoms with Crippen molar-refractivity contribution in [1.82, 2.24) is 14.5 Å². The number of hydrogen-bond donors (Lipinski definition) is 1. The van der Waals surface area contributed by atoms with Crippen LogP contribution in [0.15, 0.2) is 17.2 Å². The van der Waals surface area contributed by atoms with E-state index in [1.54, 1.807) is 17.0 Å². The van der Waals surface area contributed by atoms with Gasteiger partial charge in [-0.25, -0.2) is 4.79 Å². The van der Waals surface area contributed by atoms with Crippen molar-refractivity contribution in [1.29, 1.82) is 0 Å². The van der Waals surface area contributed by atoms with Crippen molar-refractivity contribution in [3.05, 3.63) is 22.9 Å². The van der Waals surface area contributed by atoms with E-state index in [2.05, 4.69) is 5.32 Å². The minimum Gasteiger partial charge on any atom is -0.352 e. The monoisotopic (exact) mass is 239 g/mol. The van der Waals surface area contributed by atoms with Crippen molar-refractivity contribution in [2.75, 3.05) is 0 Å². The molecule has 5 nitrogen and oxygen atoms in total. The quantitative estimate of drug-likeness (QED) is 0.804. The Morgan fingerprint density at radius 2 is 2.00 bits per heavy atom. The first-order valence-corrected chi connectivity index (χ1v) is 6.13. The van der Waals surface area contributed by atoms with E-state index in [4.69, 9.17) is 0 Å². The Kier molecular flexibility index (Phi) is 5.00. The zero-order valence-corrected chi connectivity index (χ0v) is 10.8. The lowest BCUT2D eigenvalue weighted by molar-refractivity contribution is -0.122. The average Bonchev–Trinajstić information content (AvgIpc) is 2.62. The highest BCUT2D eigenvalue weighted by Crippen LogP contribution is 1.91. The smallest absolute Gasteiger partial charge is 0.328 e. The van der Waals surface area contributed by atoms with Gasteiger partial charge in [0, 0.05) is 25.0 Å². The van der Waals surface area contributed by atoms with Gasteiger partial charge in [0.25, 0.3) is 0 Å². The van der Waals surface area contributed by atoms with Crippen molar-refractivity contribution in [2.45, 2.75) is 52.7 Å². The van der Waals surface area contributed by atoms with E-state index in [-0.39, 0.29) is 24.2 Å². The maximum Gasteiger partial charge on any atom is 0.328 e. The lowest BCUT2D eigenvalue weighted by Gasteiger charge is -2.11. The molecule has 1 heterocycles. The van der Waals surface area contributed by atoms with Crippen LogP contribution in [0, 0.1) is 0 Å². The van der Waals surface area contributed by atoms with Crippen LogP contribution in [-0.2, 0) is 17.9 Å². The second-order valence-electron chi connectivity index (χ2n) is 4.28. The van der Waals surface area contributed by atoms with Crippen LogP contribution in [0.2, 0.25) is 0 Å². The molecule has 1 aromatic heterocycles. The molecule has 1 amide bonds. The summed E-state index contributed by atoms with van der Waals surface area (Å²) < 4.78 is 3.06. The van der Waals surface area contributed by atoms with E-state index in [1.807, 2.05) is 20.8 Å². The maximum absolute atomic E-state index is 11.8. The second-order valence-corrected chi connectivity index (χ2v) is 4.28. The Labute approximate surface area is 101 Å². The van der Waals surface area contributed by atoms with Gasteiger partial charge >= 0.3 is 5.69 Å². The number of carbonyl (C=O) groups is 1. The fourth-order valence-electron chi connectivity index (χ4n) is 1.56. The van der Waals surface area contributed by atoms with Crippen molar-refractivity contribution in [2.24, 2.45) is 0 Å². The molecule has 0 aromatic carbocycles. The number of carbonyl (C=O) groups excluding carboxylic acids is 1. The van der Waals surface area contributed by atoms with Gasteiger partial charge in [-0.3, -0.25) is 13.9 Å². The predicted molar refractivity (Wildman–Crippen MR) is 66.9 cm³/mol. The summed E-state index contributed by atoms with van der Waals surface area (Å²) in [4.78, 5) is 23.4. The van der Waals surface area contributed by atoms with Gasteiger partial charge in [-0.05, 0) is 19.8 Å². The third-order valence-electron chi connectivity index (χ3n) is 2.72. The van der Waals surface area contributed by atoms with Gasteiger partial charge in [-0.15, -0.1) is 0 Å². The van der Waals surface area contributed by atoms with Crippen LogP contribution < -0.4 is 11.0 Å². The Morgan fingerprint density at radius 1 is 1.35 bits per heavy atom. The van der Waals surface area contributed by atoms with Gasteiger partial charge in [0.15, 0.2) is 0 Å². The molecule has 96 valence electrons. The van der Waals surface area contributed by atoms with Gasteiger partial charge in [0.2, 0.25) is 5.91 Å². The van der Waals surface area contributed by atoms with E-state index in [9.17, 15) is 9.59 Å². The second kappa shape index (κ2) is 6.27. The van der Waals surface area contributed by atoms with E-state index in [0.29, 0.717) is 6.54 Å². The van der Waals surface area contributed by atoms with Crippen LogP contribution in [0.5, 0.6) is 0 Å². The lowest BCUT2D eigenvalue weighted by Crippen LogP contribution is -2.37. The number of rotatable bonds is 6. The van der Waals surface area contributed by atoms with Crippen LogP contribution >= 0.6 is 0 Å². The number of aryl methyl sites for hydroxylation is 1. The molecule has 0 saturated heterocycles. The van der Waals surface area contributed by atoms with Crippen molar-refractivity contribution < 1.29 is 4.79 Å². The molecule has 5 heteroatoms. The Balaban J connectivity index is 2.63. The molecule has 17 heavy (non-hydrogen) atoms. The number of nitrogens with zero attached hydrogens (tertiary/aromatic N) is 2. The number of amides is 1. The molecule has 0 spiro atoms. The number of nitrogens with one attached hydrogen (secondary N) is 1. The zero-order valence-electron chi connectivity index (χ0n) is 10.8. The third kappa shape index (κ3) is 3.76. The summed E-state index contributed by atoms with van der Waals surface area (Å²) >= 11 is 0. The molecule has 0 aliphatic carbocycles. The predicted octanol–water partition coefficient (Wildman–Crippen LogP) is 0.974. The molecule has 0 fully saturated rings. The summed E-state index contributed by atoms with van der Waals surface area (Å²) in [5.74, 6) is -0.115. The van der Waals surface area contributed by atoms with E-state index in [0.717, 1.165) is 12.8 Å². The Hall–Kier alpha value is -1.52. The van der Waals surface area contributed by atoms with Crippen LogP contribution in [0.3, 0.4) is 0 Å². The third-order valence-corrected chi connectivity index (χ3v) is 2.72. The highest BCUT2D eigenvalue weighted by molar-refractivity contribution is 5.75. The van der Waals surface area contributed by atoms with Crippen LogP contribution in [0.25, 0.3) is 0 Å². The molecule has 1 unspecified atom stereocenters. The summed E-state index contributed by atoms with van der Waals surface area (Å²) in [6, 6.07) is 0.149. The van der Waals surface area contributed by atoms with Crippen molar-refractivity contribution in [3.63, 3.8) is 0 Å². The number of hydrogen-bond acceptors (Lipinski definition) is 2. The highest BCUT2D eigenvalue weighted by Gasteiger charge is 2.09. The van der Waals surface area contributed by atoms with Gasteiger partial charge in [0.05, 0.1) is 0 Å². The first-order valence-electron chi connectivity index (χ1n) is 6.13. The van der Waals surface area contributed by atoms with Crippen molar-refractivity contribution >= 4 is 5.91 Å². The maximum atomic E-state index is 11.8. The first-order chi connectivity index (χ1) is 8.08. The molecule has 0 radical (unpaired) electrons. The standard InChI is InChI=1S/C12H21N3O2/c1-4-6-14-7-8-15(12(14)17)9-11(16)13-10(3)5-2/h7-8,10H,4-6,9H2,1-3H3,(H,13,16). The fourth-order valence-corrected chi connectivity index (χ4v) is 1.56. The van der Waals surface area contributed by atoms with Crippen LogP contribution in [0.1, 0.15) is 33.6 Å². The Morgan fingerprint density at radius 3 is 2.59 bits per heavy atom. The minimum absolute atomic E-state index is 0.0971. The van der Waals surface area contributed by atoms with E-state index < -0.39 is 0 Å². The largest absolute Gasteiger partial charge is 0.352 e. The van der Waals surface area contributed by atoms with E-state index >= 15 is 0 Å². The van der Waals surface area contributed by atoms with Gasteiger partial charge in [-0.1, -0.05) is 13.8 Å². The normalized spacial score (nSPS) is 12.4. The fraction of sp³-hybridized carbons (Fsp3) is 0.667. The van der Waals surface area contributed by atoms with Crippen LogP contribution in [-0.4, -0.2) is 21.1 Å². The SMILES string of the molecule is CCCn1ccn(CC(=O)NC(C)CC)c1=O. The lowest BCUT2D eigenvalue weighted by atomic mass is 10.2. The summed E-state index contributed by atoms with van der Waals surface area (Å²) in [5.41, 5.74) is -0.119. The number of aromatic nitrogens is 2. The molecule has 0 aliphatic heterocycles. The molecule has 0 bridgehead atoms. The zero-order chi connectivity index (χ0) is 12.8. The summed E-state index contributed by atoms with van der Waals surface area (Å²) in [5, 5.41) is 2.84. The average molecular weight is 239 g/mol. The highest BCUT2D eigenvalue weighted by atomic mass is 16.2. The molecular weight excluding hydrogens is 218 g/mol. The summed E-state index contributed by atoms with van der Waals surface area (Å²) in [6.07, 6.45) is 5.18. The van der Waals surface area contributed by atoms with Gasteiger partial charge < -0.3 is 5.32 Å². The van der Waals surface area contributed by atoms with Crippen LogP contribution in [0.4, 0.5) is 0 Å². The molecule has 1 N–H and O–H groups in total. The first kappa shape index (κ1) is 13.5. The molecule has 1 aromatic rings. The topological polar surface area (TPSA) is 56.0 Å². The number of imidazole rings is 1. The molecule has 0 saturated carbocycles. The summed E-state index contributed by atoms with van der Waals surface area (Å²) in [7, 11) is 0. The van der Waals surface area contributed by atoms with Gasteiger partial charge in [0.1, 0.15) is 6.54 Å². The van der Waals surface area contributed by atoms with Crippen molar-refractivity contribution in [3.8, 4) is 0 Å². The Bertz CT molecular complexity index is 420. The van der Waals surface area contributed by atoms with E-state index in [1.165, 1.54) is 4.57 Å². The summed E-state index contributed by atoms with van der Waals surface area (Å²) in [6.45, 7) is 6.76.